The second-order valence-corrected chi connectivity index (χ2v) is 7.58. The Morgan fingerprint density at radius 2 is 2.22 bits per heavy atom. The zero-order valence-electron chi connectivity index (χ0n) is 10.8. The lowest BCUT2D eigenvalue weighted by molar-refractivity contribution is 0.578. The lowest BCUT2D eigenvalue weighted by Gasteiger charge is -2.03. The fraction of sp³-hybridized carbons (Fsp3) is 0.667. The summed E-state index contributed by atoms with van der Waals surface area (Å²) < 4.78 is 26.8. The van der Waals surface area contributed by atoms with E-state index in [-0.39, 0.29) is 6.04 Å². The largest absolute Gasteiger partial charge is 0.312 e. The van der Waals surface area contributed by atoms with Crippen LogP contribution in [0.4, 0.5) is 0 Å². The zero-order valence-corrected chi connectivity index (χ0v) is 12.4. The molecule has 1 heterocycles. The average Bonchev–Trinajstić information content (AvgIpc) is 2.82. The third kappa shape index (κ3) is 3.54. The first-order valence-electron chi connectivity index (χ1n) is 6.33. The number of nitrogens with one attached hydrogen (secondary N) is 2. The van der Waals surface area contributed by atoms with Crippen LogP contribution in [0.5, 0.6) is 0 Å². The average molecular weight is 288 g/mol. The molecule has 1 saturated carbocycles. The molecule has 0 amide bonds. The molecular weight excluding hydrogens is 268 g/mol. The van der Waals surface area contributed by atoms with Crippen LogP contribution in [0, 0.1) is 5.92 Å². The molecule has 0 aromatic carbocycles. The van der Waals surface area contributed by atoms with Crippen molar-refractivity contribution in [3.63, 3.8) is 0 Å². The molecule has 1 aromatic rings. The summed E-state index contributed by atoms with van der Waals surface area (Å²) in [4.78, 5) is 1.47. The van der Waals surface area contributed by atoms with Crippen LogP contribution < -0.4 is 10.0 Å². The highest BCUT2D eigenvalue weighted by Crippen LogP contribution is 2.31. The molecule has 1 fully saturated rings. The second-order valence-electron chi connectivity index (χ2n) is 4.87. The monoisotopic (exact) mass is 288 g/mol. The summed E-state index contributed by atoms with van der Waals surface area (Å²) >= 11 is 1.49. The Labute approximate surface area is 113 Å². The van der Waals surface area contributed by atoms with Gasteiger partial charge in [-0.05, 0) is 31.4 Å². The highest BCUT2D eigenvalue weighted by Gasteiger charge is 2.36. The smallest absolute Gasteiger partial charge is 0.241 e. The van der Waals surface area contributed by atoms with Crippen molar-refractivity contribution in [2.45, 2.75) is 44.2 Å². The summed E-state index contributed by atoms with van der Waals surface area (Å²) in [6, 6.07) is 1.90. The molecule has 2 N–H and O–H groups in total. The number of sulfonamides is 1. The van der Waals surface area contributed by atoms with Crippen LogP contribution in [0.1, 0.15) is 31.6 Å². The Kier molecular flexibility index (Phi) is 4.42. The Bertz CT molecular complexity index is 496. The van der Waals surface area contributed by atoms with Crippen molar-refractivity contribution in [1.29, 1.82) is 0 Å². The Hall–Kier alpha value is -0.430. The van der Waals surface area contributed by atoms with E-state index < -0.39 is 10.0 Å². The van der Waals surface area contributed by atoms with E-state index in [1.165, 1.54) is 11.3 Å². The number of hydrogen-bond donors (Lipinski definition) is 2. The fourth-order valence-corrected chi connectivity index (χ4v) is 4.34. The van der Waals surface area contributed by atoms with Gasteiger partial charge in [0.2, 0.25) is 10.0 Å². The normalized spacial score (nSPS) is 23.2. The molecule has 0 bridgehead atoms. The SMILES string of the molecule is CCCNCc1cc(S(=O)(=O)NC2CC2C)cs1. The summed E-state index contributed by atoms with van der Waals surface area (Å²) in [5.41, 5.74) is 0. The van der Waals surface area contributed by atoms with Crippen LogP contribution in [0.25, 0.3) is 0 Å². The van der Waals surface area contributed by atoms with E-state index in [0.717, 1.165) is 30.8 Å². The van der Waals surface area contributed by atoms with Gasteiger partial charge in [-0.25, -0.2) is 13.1 Å². The van der Waals surface area contributed by atoms with E-state index in [9.17, 15) is 8.42 Å². The molecule has 0 saturated heterocycles. The van der Waals surface area contributed by atoms with E-state index in [1.54, 1.807) is 11.4 Å². The highest BCUT2D eigenvalue weighted by molar-refractivity contribution is 7.89. The van der Waals surface area contributed by atoms with Gasteiger partial charge in [0, 0.05) is 22.8 Å². The number of hydrogen-bond acceptors (Lipinski definition) is 4. The van der Waals surface area contributed by atoms with Crippen molar-refractivity contribution in [3.8, 4) is 0 Å². The Morgan fingerprint density at radius 1 is 1.50 bits per heavy atom. The van der Waals surface area contributed by atoms with Gasteiger partial charge in [-0.15, -0.1) is 11.3 Å². The quantitative estimate of drug-likeness (QED) is 0.754. The van der Waals surface area contributed by atoms with E-state index in [1.807, 2.05) is 0 Å². The third-order valence-electron chi connectivity index (χ3n) is 3.08. The van der Waals surface area contributed by atoms with Gasteiger partial charge in [-0.1, -0.05) is 13.8 Å². The van der Waals surface area contributed by atoms with E-state index in [2.05, 4.69) is 23.9 Å². The minimum absolute atomic E-state index is 0.136. The second kappa shape index (κ2) is 5.69. The molecule has 1 aromatic heterocycles. The predicted octanol–water partition coefficient (Wildman–Crippen LogP) is 1.93. The summed E-state index contributed by atoms with van der Waals surface area (Å²) in [5, 5.41) is 4.99. The van der Waals surface area contributed by atoms with Crippen molar-refractivity contribution in [2.75, 3.05) is 6.54 Å². The van der Waals surface area contributed by atoms with Gasteiger partial charge in [0.1, 0.15) is 0 Å². The first kappa shape index (κ1) is 14.0. The molecule has 102 valence electrons. The minimum Gasteiger partial charge on any atom is -0.312 e. The van der Waals surface area contributed by atoms with Gasteiger partial charge in [0.15, 0.2) is 0 Å². The van der Waals surface area contributed by atoms with Crippen molar-refractivity contribution < 1.29 is 8.42 Å². The Morgan fingerprint density at radius 3 is 2.83 bits per heavy atom. The highest BCUT2D eigenvalue weighted by atomic mass is 32.2. The topological polar surface area (TPSA) is 58.2 Å². The molecule has 6 heteroatoms. The minimum atomic E-state index is -3.31. The van der Waals surface area contributed by atoms with Gasteiger partial charge in [-0.2, -0.15) is 0 Å². The lowest BCUT2D eigenvalue weighted by Crippen LogP contribution is -2.26. The third-order valence-corrected chi connectivity index (χ3v) is 5.64. The van der Waals surface area contributed by atoms with Crippen molar-refractivity contribution in [1.82, 2.24) is 10.0 Å². The molecule has 0 spiro atoms. The van der Waals surface area contributed by atoms with Gasteiger partial charge in [-0.3, -0.25) is 0 Å². The first-order chi connectivity index (χ1) is 8.53. The predicted molar refractivity (Wildman–Crippen MR) is 74.2 cm³/mol. The summed E-state index contributed by atoms with van der Waals surface area (Å²) in [7, 11) is -3.31. The van der Waals surface area contributed by atoms with Crippen molar-refractivity contribution >= 4 is 21.4 Å². The summed E-state index contributed by atoms with van der Waals surface area (Å²) in [6.45, 7) is 5.87. The van der Waals surface area contributed by atoms with E-state index >= 15 is 0 Å². The van der Waals surface area contributed by atoms with Gasteiger partial charge >= 0.3 is 0 Å². The van der Waals surface area contributed by atoms with Crippen LogP contribution in [0.2, 0.25) is 0 Å². The molecule has 0 radical (unpaired) electrons. The maximum atomic E-state index is 12.0. The van der Waals surface area contributed by atoms with Crippen molar-refractivity contribution in [3.05, 3.63) is 16.3 Å². The molecule has 2 atom stereocenters. The molecule has 4 nitrogen and oxygen atoms in total. The van der Waals surface area contributed by atoms with Crippen LogP contribution in [-0.4, -0.2) is 21.0 Å². The number of rotatable bonds is 7. The molecule has 0 aliphatic heterocycles. The van der Waals surface area contributed by atoms with Crippen LogP contribution in [0.15, 0.2) is 16.3 Å². The zero-order chi connectivity index (χ0) is 13.2. The van der Waals surface area contributed by atoms with Gasteiger partial charge in [0.25, 0.3) is 0 Å². The fourth-order valence-electron chi connectivity index (χ4n) is 1.74. The first-order valence-corrected chi connectivity index (χ1v) is 8.69. The van der Waals surface area contributed by atoms with Crippen LogP contribution in [0.3, 0.4) is 0 Å². The van der Waals surface area contributed by atoms with Crippen LogP contribution >= 0.6 is 11.3 Å². The van der Waals surface area contributed by atoms with Crippen LogP contribution in [-0.2, 0) is 16.6 Å². The molecular formula is C12H20N2O2S2. The van der Waals surface area contributed by atoms with Crippen molar-refractivity contribution in [2.24, 2.45) is 5.92 Å². The lowest BCUT2D eigenvalue weighted by atomic mass is 10.4. The molecule has 2 rings (SSSR count). The Balaban J connectivity index is 1.95. The van der Waals surface area contributed by atoms with Gasteiger partial charge in [0.05, 0.1) is 4.90 Å². The molecule has 18 heavy (non-hydrogen) atoms. The standard InChI is InChI=1S/C12H20N2O2S2/c1-3-4-13-7-10-6-11(8-17-10)18(15,16)14-12-5-9(12)2/h6,8-9,12-14H,3-5,7H2,1-2H3. The van der Waals surface area contributed by atoms with Gasteiger partial charge < -0.3 is 5.32 Å². The summed E-state index contributed by atoms with van der Waals surface area (Å²) in [5.74, 6) is 0.476. The molecule has 2 unspecified atom stereocenters. The molecule has 1 aliphatic rings. The summed E-state index contributed by atoms with van der Waals surface area (Å²) in [6.07, 6.45) is 2.03. The van der Waals surface area contributed by atoms with E-state index in [4.69, 9.17) is 0 Å². The number of thiophene rings is 1. The molecule has 1 aliphatic carbocycles. The maximum absolute atomic E-state index is 12.0. The van der Waals surface area contributed by atoms with E-state index in [0.29, 0.717) is 10.8 Å². The maximum Gasteiger partial charge on any atom is 0.241 e.